The van der Waals surface area contributed by atoms with E-state index in [2.05, 4.69) is 5.32 Å². The molecule has 0 saturated heterocycles. The molecule has 0 aliphatic carbocycles. The highest BCUT2D eigenvalue weighted by Gasteiger charge is 2.09. The van der Waals surface area contributed by atoms with E-state index in [1.54, 1.807) is 19.2 Å². The number of hydrogen-bond acceptors (Lipinski definition) is 4. The third kappa shape index (κ3) is 4.95. The van der Waals surface area contributed by atoms with Gasteiger partial charge < -0.3 is 15.2 Å². The highest BCUT2D eigenvalue weighted by molar-refractivity contribution is 5.34. The van der Waals surface area contributed by atoms with Crippen molar-refractivity contribution in [2.45, 2.75) is 25.5 Å². The lowest BCUT2D eigenvalue weighted by molar-refractivity contribution is 0.0590. The molecule has 2 N–H and O–H groups in total. The van der Waals surface area contributed by atoms with Gasteiger partial charge in [-0.3, -0.25) is 0 Å². The van der Waals surface area contributed by atoms with Gasteiger partial charge in [0.2, 0.25) is 0 Å². The molecule has 0 heterocycles. The summed E-state index contributed by atoms with van der Waals surface area (Å²) in [5.74, 6) is -0.506. The molecular weight excluding hydrogens is 247 g/mol. The summed E-state index contributed by atoms with van der Waals surface area (Å²) in [7, 11) is 1.54. The van der Waals surface area contributed by atoms with Crippen molar-refractivity contribution in [1.29, 1.82) is 5.26 Å². The van der Waals surface area contributed by atoms with Crippen LogP contribution in [0.2, 0.25) is 0 Å². The highest BCUT2D eigenvalue weighted by Crippen LogP contribution is 2.16. The Hall–Kier alpha value is -1.48. The van der Waals surface area contributed by atoms with Gasteiger partial charge in [-0.2, -0.15) is 5.26 Å². The number of rotatable bonds is 7. The topological polar surface area (TPSA) is 65.3 Å². The predicted octanol–water partition coefficient (Wildman–Crippen LogP) is 1.75. The van der Waals surface area contributed by atoms with Gasteiger partial charge in [-0.1, -0.05) is 6.07 Å². The maximum atomic E-state index is 13.5. The zero-order chi connectivity index (χ0) is 14.3. The number of benzene rings is 1. The Labute approximate surface area is 112 Å². The Balaban J connectivity index is 2.48. The standard InChI is InChI=1S/C14H19FN2O2/c1-10(17-6-5-13(18)9-19-2)11-3-4-12(8-16)14(15)7-11/h3-4,7,10,13,17-18H,5-6,9H2,1-2H3. The Morgan fingerprint density at radius 3 is 2.84 bits per heavy atom. The number of nitrogens with one attached hydrogen (secondary N) is 1. The van der Waals surface area contributed by atoms with Gasteiger partial charge in [0.15, 0.2) is 0 Å². The molecule has 0 aliphatic heterocycles. The van der Waals surface area contributed by atoms with E-state index in [-0.39, 0.29) is 11.6 Å². The Morgan fingerprint density at radius 1 is 1.53 bits per heavy atom. The molecule has 0 saturated carbocycles. The van der Waals surface area contributed by atoms with Gasteiger partial charge in [0.25, 0.3) is 0 Å². The molecule has 1 rings (SSSR count). The van der Waals surface area contributed by atoms with Crippen LogP contribution in [0.4, 0.5) is 4.39 Å². The number of aliphatic hydroxyl groups is 1. The second kappa shape index (κ2) is 7.85. The van der Waals surface area contributed by atoms with Gasteiger partial charge in [0, 0.05) is 13.2 Å². The van der Waals surface area contributed by atoms with Gasteiger partial charge in [0.1, 0.15) is 11.9 Å². The third-order valence-corrected chi connectivity index (χ3v) is 2.90. The van der Waals surface area contributed by atoms with E-state index in [4.69, 9.17) is 10.00 Å². The van der Waals surface area contributed by atoms with Gasteiger partial charge in [-0.15, -0.1) is 0 Å². The molecule has 0 fully saturated rings. The SMILES string of the molecule is COCC(O)CCNC(C)c1ccc(C#N)c(F)c1. The molecule has 2 unspecified atom stereocenters. The van der Waals surface area contributed by atoms with Crippen molar-refractivity contribution in [3.05, 3.63) is 35.1 Å². The average molecular weight is 266 g/mol. The smallest absolute Gasteiger partial charge is 0.141 e. The van der Waals surface area contributed by atoms with Crippen molar-refractivity contribution in [3.63, 3.8) is 0 Å². The minimum atomic E-state index is -0.506. The number of nitrogens with zero attached hydrogens (tertiary/aromatic N) is 1. The lowest BCUT2D eigenvalue weighted by Crippen LogP contribution is -2.25. The first-order chi connectivity index (χ1) is 9.08. The lowest BCUT2D eigenvalue weighted by atomic mass is 10.1. The summed E-state index contributed by atoms with van der Waals surface area (Å²) in [6.07, 6.45) is 0.0686. The molecule has 0 spiro atoms. The molecular formula is C14H19FN2O2. The van der Waals surface area contributed by atoms with Crippen LogP contribution in [-0.2, 0) is 4.74 Å². The average Bonchev–Trinajstić information content (AvgIpc) is 2.38. The molecule has 2 atom stereocenters. The van der Waals surface area contributed by atoms with E-state index in [0.29, 0.717) is 19.6 Å². The summed E-state index contributed by atoms with van der Waals surface area (Å²) in [6.45, 7) is 2.82. The maximum absolute atomic E-state index is 13.5. The highest BCUT2D eigenvalue weighted by atomic mass is 19.1. The van der Waals surface area contributed by atoms with Crippen LogP contribution >= 0.6 is 0 Å². The van der Waals surface area contributed by atoms with Crippen LogP contribution in [0.1, 0.15) is 30.5 Å². The monoisotopic (exact) mass is 266 g/mol. The minimum Gasteiger partial charge on any atom is -0.391 e. The Bertz CT molecular complexity index is 446. The maximum Gasteiger partial charge on any atom is 0.141 e. The summed E-state index contributed by atoms with van der Waals surface area (Å²) < 4.78 is 18.3. The number of aliphatic hydroxyl groups excluding tert-OH is 1. The minimum absolute atomic E-state index is 0.0445. The third-order valence-electron chi connectivity index (χ3n) is 2.90. The lowest BCUT2D eigenvalue weighted by Gasteiger charge is -2.16. The van der Waals surface area contributed by atoms with E-state index in [9.17, 15) is 9.50 Å². The molecule has 1 aromatic rings. The first-order valence-corrected chi connectivity index (χ1v) is 6.18. The number of hydrogen-bond donors (Lipinski definition) is 2. The molecule has 0 radical (unpaired) electrons. The molecule has 0 amide bonds. The van der Waals surface area contributed by atoms with Gasteiger partial charge >= 0.3 is 0 Å². The van der Waals surface area contributed by atoms with E-state index in [0.717, 1.165) is 5.56 Å². The summed E-state index contributed by atoms with van der Waals surface area (Å²) >= 11 is 0. The molecule has 0 aromatic heterocycles. The van der Waals surface area contributed by atoms with E-state index in [1.165, 1.54) is 12.1 Å². The second-order valence-electron chi connectivity index (χ2n) is 4.42. The fraction of sp³-hybridized carbons (Fsp3) is 0.500. The molecule has 1 aromatic carbocycles. The second-order valence-corrected chi connectivity index (χ2v) is 4.42. The van der Waals surface area contributed by atoms with Crippen molar-refractivity contribution in [2.24, 2.45) is 0 Å². The number of methoxy groups -OCH3 is 1. The van der Waals surface area contributed by atoms with Crippen LogP contribution in [0.5, 0.6) is 0 Å². The molecule has 5 heteroatoms. The summed E-state index contributed by atoms with van der Waals surface area (Å²) in [5, 5.41) is 21.3. The summed E-state index contributed by atoms with van der Waals surface area (Å²) in [4.78, 5) is 0. The summed E-state index contributed by atoms with van der Waals surface area (Å²) in [5.41, 5.74) is 0.823. The fourth-order valence-corrected chi connectivity index (χ4v) is 1.75. The Kier molecular flexibility index (Phi) is 6.43. The van der Waals surface area contributed by atoms with Crippen LogP contribution in [-0.4, -0.2) is 31.5 Å². The van der Waals surface area contributed by atoms with Crippen LogP contribution in [0, 0.1) is 17.1 Å². The van der Waals surface area contributed by atoms with E-state index >= 15 is 0 Å². The molecule has 19 heavy (non-hydrogen) atoms. The van der Waals surface area contributed by atoms with Gasteiger partial charge in [-0.25, -0.2) is 4.39 Å². The zero-order valence-corrected chi connectivity index (χ0v) is 11.2. The van der Waals surface area contributed by atoms with Crippen LogP contribution in [0.25, 0.3) is 0 Å². The van der Waals surface area contributed by atoms with Crippen molar-refractivity contribution < 1.29 is 14.2 Å². The normalized spacial score (nSPS) is 13.8. The van der Waals surface area contributed by atoms with E-state index in [1.807, 2.05) is 6.92 Å². The quantitative estimate of drug-likeness (QED) is 0.789. The predicted molar refractivity (Wildman–Crippen MR) is 70.0 cm³/mol. The van der Waals surface area contributed by atoms with Crippen molar-refractivity contribution >= 4 is 0 Å². The first kappa shape index (κ1) is 15.6. The van der Waals surface area contributed by atoms with Crippen LogP contribution in [0.15, 0.2) is 18.2 Å². The first-order valence-electron chi connectivity index (χ1n) is 6.18. The van der Waals surface area contributed by atoms with Gasteiger partial charge in [0.05, 0.1) is 18.3 Å². The van der Waals surface area contributed by atoms with Gasteiger partial charge in [-0.05, 0) is 37.6 Å². The largest absolute Gasteiger partial charge is 0.391 e. The Morgan fingerprint density at radius 2 is 2.26 bits per heavy atom. The zero-order valence-electron chi connectivity index (χ0n) is 11.2. The van der Waals surface area contributed by atoms with Crippen LogP contribution < -0.4 is 5.32 Å². The number of ether oxygens (including phenoxy) is 1. The molecule has 0 aliphatic rings. The number of halogens is 1. The summed E-state index contributed by atoms with van der Waals surface area (Å²) in [6, 6.07) is 6.31. The van der Waals surface area contributed by atoms with Crippen molar-refractivity contribution in [1.82, 2.24) is 5.32 Å². The van der Waals surface area contributed by atoms with Crippen molar-refractivity contribution in [2.75, 3.05) is 20.3 Å². The van der Waals surface area contributed by atoms with Crippen LogP contribution in [0.3, 0.4) is 0 Å². The molecule has 0 bridgehead atoms. The molecule has 104 valence electrons. The van der Waals surface area contributed by atoms with E-state index < -0.39 is 11.9 Å². The van der Waals surface area contributed by atoms with Crippen molar-refractivity contribution in [3.8, 4) is 6.07 Å². The molecule has 4 nitrogen and oxygen atoms in total. The fourth-order valence-electron chi connectivity index (χ4n) is 1.75. The number of nitriles is 1.